The first-order chi connectivity index (χ1) is 10.1. The number of hydrogen-bond acceptors (Lipinski definition) is 2. The van der Waals surface area contributed by atoms with E-state index in [0.29, 0.717) is 18.4 Å². The molecule has 1 saturated heterocycles. The summed E-state index contributed by atoms with van der Waals surface area (Å²) < 4.78 is 0. The number of rotatable bonds is 4. The number of nitrogens with one attached hydrogen (secondary N) is 1. The zero-order chi connectivity index (χ0) is 14.8. The molecule has 0 spiro atoms. The van der Waals surface area contributed by atoms with E-state index < -0.39 is 0 Å². The molecule has 1 atom stereocenters. The Kier molecular flexibility index (Phi) is 4.29. The lowest BCUT2D eigenvalue weighted by Crippen LogP contribution is -2.34. The molecule has 1 heterocycles. The van der Waals surface area contributed by atoms with Crippen LogP contribution in [0.25, 0.3) is 0 Å². The molecule has 1 aliphatic heterocycles. The predicted octanol–water partition coefficient (Wildman–Crippen LogP) is 3.43. The average Bonchev–Trinajstić information content (AvgIpc) is 3.11. The fourth-order valence-corrected chi connectivity index (χ4v) is 3.58. The summed E-state index contributed by atoms with van der Waals surface area (Å²) in [5.41, 5.74) is 2.56. The van der Waals surface area contributed by atoms with Crippen molar-refractivity contribution in [2.75, 3.05) is 13.1 Å². The maximum absolute atomic E-state index is 12.2. The highest BCUT2D eigenvalue weighted by molar-refractivity contribution is 5.81. The Balaban J connectivity index is 1.74. The molecule has 1 aliphatic carbocycles. The zero-order valence-electron chi connectivity index (χ0n) is 13.1. The second kappa shape index (κ2) is 6.18. The molecule has 1 unspecified atom stereocenters. The van der Waals surface area contributed by atoms with E-state index in [1.165, 1.54) is 36.8 Å². The summed E-state index contributed by atoms with van der Waals surface area (Å²) in [6.45, 7) is 5.81. The van der Waals surface area contributed by atoms with Gasteiger partial charge in [0.15, 0.2) is 0 Å². The van der Waals surface area contributed by atoms with Gasteiger partial charge in [0.25, 0.3) is 0 Å². The van der Waals surface area contributed by atoms with Crippen LogP contribution < -0.4 is 5.32 Å². The maximum Gasteiger partial charge on any atom is 0.238 e. The van der Waals surface area contributed by atoms with Gasteiger partial charge in [-0.1, -0.05) is 51.0 Å². The van der Waals surface area contributed by atoms with E-state index in [9.17, 15) is 4.79 Å². The molecule has 2 fully saturated rings. The number of amides is 1. The first-order valence-electron chi connectivity index (χ1n) is 8.28. The van der Waals surface area contributed by atoms with Crippen molar-refractivity contribution < 1.29 is 4.79 Å². The third kappa shape index (κ3) is 3.13. The molecule has 114 valence electrons. The van der Waals surface area contributed by atoms with Crippen LogP contribution >= 0.6 is 0 Å². The zero-order valence-corrected chi connectivity index (χ0v) is 13.1. The molecule has 3 rings (SSSR count). The van der Waals surface area contributed by atoms with Crippen LogP contribution in [0.2, 0.25) is 0 Å². The average molecular weight is 286 g/mol. The predicted molar refractivity (Wildman–Crippen MR) is 84.9 cm³/mol. The summed E-state index contributed by atoms with van der Waals surface area (Å²) >= 11 is 0. The molecule has 3 nitrogen and oxygen atoms in total. The summed E-state index contributed by atoms with van der Waals surface area (Å²) in [6, 6.07) is 8.73. The second-order valence-electron chi connectivity index (χ2n) is 6.80. The lowest BCUT2D eigenvalue weighted by atomic mass is 10.0. The number of carbonyl (C=O) groups excluding carboxylic acids is 1. The van der Waals surface area contributed by atoms with Crippen molar-refractivity contribution >= 4 is 5.91 Å². The smallest absolute Gasteiger partial charge is 0.238 e. The van der Waals surface area contributed by atoms with Gasteiger partial charge in [-0.15, -0.1) is 0 Å². The molecule has 1 amide bonds. The van der Waals surface area contributed by atoms with Gasteiger partial charge in [-0.05, 0) is 35.8 Å². The molecule has 0 radical (unpaired) electrons. The second-order valence-corrected chi connectivity index (χ2v) is 6.80. The van der Waals surface area contributed by atoms with E-state index in [0.717, 1.165) is 6.54 Å². The molecule has 0 aromatic heterocycles. The van der Waals surface area contributed by atoms with Gasteiger partial charge in [-0.2, -0.15) is 0 Å². The molecular weight excluding hydrogens is 260 g/mol. The summed E-state index contributed by atoms with van der Waals surface area (Å²) in [7, 11) is 0. The Hall–Kier alpha value is -1.35. The molecular formula is C18H26N2O. The van der Waals surface area contributed by atoms with E-state index in [1.54, 1.807) is 0 Å². The Labute approximate surface area is 127 Å². The van der Waals surface area contributed by atoms with Crippen molar-refractivity contribution in [3.8, 4) is 0 Å². The van der Waals surface area contributed by atoms with Crippen molar-refractivity contribution in [2.45, 2.75) is 51.6 Å². The van der Waals surface area contributed by atoms with Gasteiger partial charge in [-0.25, -0.2) is 0 Å². The van der Waals surface area contributed by atoms with Crippen LogP contribution in [-0.2, 0) is 4.79 Å². The standard InChI is InChI=1S/C18H26N2O/c1-13(2)15-7-9-16(10-8-15)18-19-11-17(21)20(18)12-14-5-3-4-6-14/h7-10,13-14,18-19H,3-6,11-12H2,1-2H3. The Bertz CT molecular complexity index is 488. The minimum absolute atomic E-state index is 0.0688. The Morgan fingerprint density at radius 3 is 2.48 bits per heavy atom. The molecule has 1 aromatic carbocycles. The van der Waals surface area contributed by atoms with Crippen LogP contribution in [0.15, 0.2) is 24.3 Å². The van der Waals surface area contributed by atoms with Crippen LogP contribution in [0.3, 0.4) is 0 Å². The number of hydrogen-bond donors (Lipinski definition) is 1. The minimum Gasteiger partial charge on any atom is -0.322 e. The van der Waals surface area contributed by atoms with E-state index in [4.69, 9.17) is 0 Å². The van der Waals surface area contributed by atoms with Crippen molar-refractivity contribution in [1.29, 1.82) is 0 Å². The Morgan fingerprint density at radius 1 is 1.19 bits per heavy atom. The SMILES string of the molecule is CC(C)c1ccc(C2NCC(=O)N2CC2CCCC2)cc1. The highest BCUT2D eigenvalue weighted by Crippen LogP contribution is 2.30. The monoisotopic (exact) mass is 286 g/mol. The fraction of sp³-hybridized carbons (Fsp3) is 0.611. The van der Waals surface area contributed by atoms with Gasteiger partial charge in [0, 0.05) is 6.54 Å². The summed E-state index contributed by atoms with van der Waals surface area (Å²) in [4.78, 5) is 14.2. The van der Waals surface area contributed by atoms with Crippen LogP contribution in [0.4, 0.5) is 0 Å². The Morgan fingerprint density at radius 2 is 1.86 bits per heavy atom. The third-order valence-electron chi connectivity index (χ3n) is 4.93. The van der Waals surface area contributed by atoms with Gasteiger partial charge < -0.3 is 4.90 Å². The fourth-order valence-electron chi connectivity index (χ4n) is 3.58. The van der Waals surface area contributed by atoms with Crippen molar-refractivity contribution in [1.82, 2.24) is 10.2 Å². The van der Waals surface area contributed by atoms with Crippen LogP contribution in [-0.4, -0.2) is 23.9 Å². The van der Waals surface area contributed by atoms with Crippen LogP contribution in [0, 0.1) is 5.92 Å². The molecule has 2 aliphatic rings. The third-order valence-corrected chi connectivity index (χ3v) is 4.93. The normalized spacial score (nSPS) is 23.5. The van der Waals surface area contributed by atoms with Crippen molar-refractivity contribution in [3.05, 3.63) is 35.4 Å². The molecule has 21 heavy (non-hydrogen) atoms. The topological polar surface area (TPSA) is 32.3 Å². The minimum atomic E-state index is 0.0688. The quantitative estimate of drug-likeness (QED) is 0.919. The lowest BCUT2D eigenvalue weighted by molar-refractivity contribution is -0.128. The van der Waals surface area contributed by atoms with Crippen molar-refractivity contribution in [3.63, 3.8) is 0 Å². The summed E-state index contributed by atoms with van der Waals surface area (Å²) in [5, 5.41) is 3.37. The van der Waals surface area contributed by atoms with Crippen LogP contribution in [0.5, 0.6) is 0 Å². The molecule has 1 aromatic rings. The molecule has 1 saturated carbocycles. The van der Waals surface area contributed by atoms with E-state index >= 15 is 0 Å². The van der Waals surface area contributed by atoms with Gasteiger partial charge in [0.05, 0.1) is 6.54 Å². The van der Waals surface area contributed by atoms with E-state index in [2.05, 4.69) is 48.3 Å². The number of benzene rings is 1. The van der Waals surface area contributed by atoms with Gasteiger partial charge in [-0.3, -0.25) is 10.1 Å². The van der Waals surface area contributed by atoms with Crippen LogP contribution in [0.1, 0.15) is 62.7 Å². The maximum atomic E-state index is 12.2. The van der Waals surface area contributed by atoms with E-state index in [-0.39, 0.29) is 12.1 Å². The van der Waals surface area contributed by atoms with Gasteiger partial charge in [0.1, 0.15) is 6.17 Å². The van der Waals surface area contributed by atoms with Crippen molar-refractivity contribution in [2.24, 2.45) is 5.92 Å². The number of carbonyl (C=O) groups is 1. The summed E-state index contributed by atoms with van der Waals surface area (Å²) in [5.74, 6) is 1.50. The van der Waals surface area contributed by atoms with Gasteiger partial charge >= 0.3 is 0 Å². The van der Waals surface area contributed by atoms with E-state index in [1.807, 2.05) is 0 Å². The first kappa shape index (κ1) is 14.6. The summed E-state index contributed by atoms with van der Waals surface area (Å²) in [6.07, 6.45) is 5.28. The van der Waals surface area contributed by atoms with Gasteiger partial charge in [0.2, 0.25) is 5.91 Å². The highest BCUT2D eigenvalue weighted by atomic mass is 16.2. The largest absolute Gasteiger partial charge is 0.322 e. The molecule has 0 bridgehead atoms. The molecule has 1 N–H and O–H groups in total. The first-order valence-corrected chi connectivity index (χ1v) is 8.28. The highest BCUT2D eigenvalue weighted by Gasteiger charge is 2.33. The molecule has 3 heteroatoms. The number of nitrogens with zero attached hydrogens (tertiary/aromatic N) is 1. The lowest BCUT2D eigenvalue weighted by Gasteiger charge is -2.27.